The summed E-state index contributed by atoms with van der Waals surface area (Å²) in [4.78, 5) is 43.3. The summed E-state index contributed by atoms with van der Waals surface area (Å²) in [6.07, 6.45) is 1.59. The number of benzene rings is 2. The maximum atomic E-state index is 14.4. The fraction of sp³-hybridized carbons (Fsp3) is 0.486. The summed E-state index contributed by atoms with van der Waals surface area (Å²) in [5.74, 6) is -0.256. The van der Waals surface area contributed by atoms with Crippen LogP contribution in [-0.2, 0) is 4.74 Å². The average Bonchev–Trinajstić information content (AvgIpc) is 3.38. The van der Waals surface area contributed by atoms with Crippen molar-refractivity contribution >= 4 is 35.0 Å². The molecule has 0 fully saturated rings. The van der Waals surface area contributed by atoms with Gasteiger partial charge in [-0.2, -0.15) is 0 Å². The van der Waals surface area contributed by atoms with E-state index in [0.29, 0.717) is 47.3 Å². The molecule has 1 aliphatic heterocycles. The van der Waals surface area contributed by atoms with E-state index in [1.54, 1.807) is 50.9 Å². The van der Waals surface area contributed by atoms with Crippen LogP contribution in [0.2, 0.25) is 0 Å². The second-order valence-corrected chi connectivity index (χ2v) is 12.6. The maximum Gasteiger partial charge on any atom is 0.323 e. The van der Waals surface area contributed by atoms with Gasteiger partial charge in [0.05, 0.1) is 30.4 Å². The van der Waals surface area contributed by atoms with Crippen LogP contribution >= 0.6 is 0 Å². The fourth-order valence-electron chi connectivity index (χ4n) is 5.51. The number of nitrogens with one attached hydrogen (secondary N) is 3. The molecule has 0 spiro atoms. The molecule has 13 nitrogen and oxygen atoms in total. The summed E-state index contributed by atoms with van der Waals surface area (Å²) in [6.45, 7) is 9.56. The number of carbonyl (C=O) groups is 3. The molecule has 2 aromatic carbocycles. The van der Waals surface area contributed by atoms with E-state index in [9.17, 15) is 23.9 Å². The van der Waals surface area contributed by atoms with Crippen molar-refractivity contribution in [3.05, 3.63) is 65.3 Å². The van der Waals surface area contributed by atoms with Crippen LogP contribution in [0.4, 0.5) is 31.0 Å². The first-order valence-corrected chi connectivity index (χ1v) is 16.5. The van der Waals surface area contributed by atoms with Gasteiger partial charge in [-0.1, -0.05) is 12.1 Å². The second kappa shape index (κ2) is 17.1. The third-order valence-electron chi connectivity index (χ3n) is 8.48. The number of carbonyl (C=O) groups excluding carboxylic acids is 3. The number of nitrogens with zero attached hydrogens (tertiary/aromatic N) is 3. The fourth-order valence-corrected chi connectivity index (χ4v) is 5.51. The van der Waals surface area contributed by atoms with E-state index in [0.717, 1.165) is 12.8 Å². The van der Waals surface area contributed by atoms with Gasteiger partial charge in [-0.15, -0.1) is 0 Å². The van der Waals surface area contributed by atoms with Gasteiger partial charge in [0, 0.05) is 44.0 Å². The van der Waals surface area contributed by atoms with Gasteiger partial charge in [0.2, 0.25) is 0 Å². The topological polar surface area (TPSA) is 158 Å². The maximum absolute atomic E-state index is 14.4. The van der Waals surface area contributed by atoms with Crippen LogP contribution in [0.15, 0.2) is 47.0 Å². The van der Waals surface area contributed by atoms with Crippen LogP contribution in [0, 0.1) is 25.6 Å². The molecule has 0 saturated carbocycles. The number of urea groups is 2. The molecular formula is C35H47FN6O7. The number of hydrogen-bond acceptors (Lipinski definition) is 8. The largest absolute Gasteiger partial charge is 0.490 e. The Bertz CT molecular complexity index is 1560. The Balaban J connectivity index is 1.58. The second-order valence-electron chi connectivity index (χ2n) is 12.6. The highest BCUT2D eigenvalue weighted by molar-refractivity contribution is 6.03. The quantitative estimate of drug-likeness (QED) is 0.235. The number of anilines is 3. The summed E-state index contributed by atoms with van der Waals surface area (Å²) >= 11 is 0. The van der Waals surface area contributed by atoms with E-state index in [1.165, 1.54) is 29.2 Å². The Labute approximate surface area is 286 Å². The van der Waals surface area contributed by atoms with Gasteiger partial charge in [0.25, 0.3) is 5.91 Å². The van der Waals surface area contributed by atoms with Gasteiger partial charge < -0.3 is 44.9 Å². The Morgan fingerprint density at radius 3 is 2.47 bits per heavy atom. The summed E-state index contributed by atoms with van der Waals surface area (Å²) in [7, 11) is 1.64. The van der Waals surface area contributed by atoms with Crippen molar-refractivity contribution in [1.82, 2.24) is 15.0 Å². The molecule has 0 radical (unpaired) electrons. The van der Waals surface area contributed by atoms with Crippen molar-refractivity contribution in [1.29, 1.82) is 0 Å². The van der Waals surface area contributed by atoms with E-state index in [4.69, 9.17) is 14.0 Å². The SMILES string of the molecule is Cc1noc(C)c1NC(=O)Nc1ccc2c(c1)C(=O)N([C@H](C)CO)C[C@H](C)[C@H](CN(C)C(=O)Nc1ccc(F)cc1)OCCCC[C@H](C)O2. The molecule has 0 bridgehead atoms. The monoisotopic (exact) mass is 682 g/mol. The molecule has 1 aliphatic rings. The normalized spacial score (nSPS) is 19.6. The van der Waals surface area contributed by atoms with Gasteiger partial charge in [0.15, 0.2) is 5.76 Å². The molecule has 49 heavy (non-hydrogen) atoms. The third-order valence-corrected chi connectivity index (χ3v) is 8.48. The first-order valence-electron chi connectivity index (χ1n) is 16.5. The average molecular weight is 683 g/mol. The number of likely N-dealkylation sites (N-methyl/N-ethyl adjacent to an activating group) is 1. The molecule has 1 aromatic heterocycles. The highest BCUT2D eigenvalue weighted by Gasteiger charge is 2.31. The number of aliphatic hydroxyl groups is 1. The predicted octanol–water partition coefficient (Wildman–Crippen LogP) is 6.03. The smallest absolute Gasteiger partial charge is 0.323 e. The number of aryl methyl sites for hydroxylation is 2. The number of halogens is 1. The van der Waals surface area contributed by atoms with E-state index in [1.807, 2.05) is 13.8 Å². The molecule has 4 N–H and O–H groups in total. The van der Waals surface area contributed by atoms with Crippen LogP contribution in [-0.4, -0.2) is 89.6 Å². The lowest BCUT2D eigenvalue weighted by molar-refractivity contribution is -0.0115. The minimum absolute atomic E-state index is 0.192. The van der Waals surface area contributed by atoms with Gasteiger partial charge in [-0.05, 0) is 89.4 Å². The zero-order chi connectivity index (χ0) is 35.7. The molecule has 266 valence electrons. The zero-order valence-corrected chi connectivity index (χ0v) is 28.9. The van der Waals surface area contributed by atoms with E-state index in [2.05, 4.69) is 21.1 Å². The number of hydrogen-bond donors (Lipinski definition) is 4. The summed E-state index contributed by atoms with van der Waals surface area (Å²) in [5.41, 5.74) is 2.01. The number of aromatic nitrogens is 1. The van der Waals surface area contributed by atoms with Gasteiger partial charge in [-0.25, -0.2) is 14.0 Å². The first kappa shape index (κ1) is 37.1. The van der Waals surface area contributed by atoms with Gasteiger partial charge in [-0.3, -0.25) is 4.79 Å². The molecule has 14 heteroatoms. The number of amides is 5. The molecule has 0 saturated heterocycles. The highest BCUT2D eigenvalue weighted by atomic mass is 19.1. The van der Waals surface area contributed by atoms with Crippen molar-refractivity contribution in [2.75, 3.05) is 49.3 Å². The van der Waals surface area contributed by atoms with Crippen molar-refractivity contribution in [3.8, 4) is 5.75 Å². The van der Waals surface area contributed by atoms with Crippen molar-refractivity contribution in [2.45, 2.75) is 72.1 Å². The number of aliphatic hydroxyl groups excluding tert-OH is 1. The summed E-state index contributed by atoms with van der Waals surface area (Å²) < 4.78 is 31.1. The number of rotatable bonds is 7. The van der Waals surface area contributed by atoms with Gasteiger partial charge >= 0.3 is 12.1 Å². The molecular weight excluding hydrogens is 635 g/mol. The molecule has 3 aromatic rings. The Hall–Kier alpha value is -4.69. The minimum atomic E-state index is -0.576. The molecule has 5 amide bonds. The molecule has 4 rings (SSSR count). The highest BCUT2D eigenvalue weighted by Crippen LogP contribution is 2.29. The van der Waals surface area contributed by atoms with Gasteiger partial charge in [0.1, 0.15) is 22.9 Å². The standard InChI is InChI=1S/C35H47FN6O7/c1-21-18-42(22(2)20-43)33(44)29-17-28(37-34(45)39-32-24(4)40-49-25(32)5)14-15-30(29)48-23(3)9-7-8-16-47-31(21)19-41(6)35(46)38-27-12-10-26(36)11-13-27/h10-15,17,21-23,31,43H,7-9,16,18-20H2,1-6H3,(H,38,46)(H2,37,39,45)/t21-,22+,23-,31-/m0/s1. The minimum Gasteiger partial charge on any atom is -0.490 e. The van der Waals surface area contributed by atoms with E-state index in [-0.39, 0.29) is 37.3 Å². The molecule has 2 heterocycles. The Morgan fingerprint density at radius 2 is 1.80 bits per heavy atom. The number of fused-ring (bicyclic) bond motifs is 1. The Morgan fingerprint density at radius 1 is 1.08 bits per heavy atom. The zero-order valence-electron chi connectivity index (χ0n) is 28.9. The van der Waals surface area contributed by atoms with Crippen LogP contribution < -0.4 is 20.7 Å². The van der Waals surface area contributed by atoms with Crippen LogP contribution in [0.1, 0.15) is 61.8 Å². The summed E-state index contributed by atoms with van der Waals surface area (Å²) in [6, 6.07) is 8.87. The van der Waals surface area contributed by atoms with E-state index < -0.39 is 35.9 Å². The van der Waals surface area contributed by atoms with E-state index >= 15 is 0 Å². The van der Waals surface area contributed by atoms with Crippen molar-refractivity contribution in [3.63, 3.8) is 0 Å². The van der Waals surface area contributed by atoms with Crippen LogP contribution in [0.3, 0.4) is 0 Å². The van der Waals surface area contributed by atoms with Crippen molar-refractivity contribution in [2.24, 2.45) is 5.92 Å². The summed E-state index contributed by atoms with van der Waals surface area (Å²) in [5, 5.41) is 22.3. The lowest BCUT2D eigenvalue weighted by atomic mass is 10.0. The Kier molecular flexibility index (Phi) is 13.0. The third kappa shape index (κ3) is 10.2. The lowest BCUT2D eigenvalue weighted by Crippen LogP contribution is -2.48. The lowest BCUT2D eigenvalue weighted by Gasteiger charge is -2.35. The predicted molar refractivity (Wildman–Crippen MR) is 184 cm³/mol. The van der Waals surface area contributed by atoms with Crippen LogP contribution in [0.5, 0.6) is 5.75 Å². The van der Waals surface area contributed by atoms with Crippen LogP contribution in [0.25, 0.3) is 0 Å². The van der Waals surface area contributed by atoms with Crippen molar-refractivity contribution < 1.29 is 37.9 Å². The molecule has 0 aliphatic carbocycles. The number of ether oxygens (including phenoxy) is 2. The molecule has 4 atom stereocenters. The first-order chi connectivity index (χ1) is 23.4. The molecule has 0 unspecified atom stereocenters.